The van der Waals surface area contributed by atoms with Gasteiger partial charge in [-0.2, -0.15) is 0 Å². The van der Waals surface area contributed by atoms with Crippen molar-refractivity contribution in [2.45, 2.75) is 70.8 Å². The fraction of sp³-hybridized carbons (Fsp3) is 0.625. The summed E-state index contributed by atoms with van der Waals surface area (Å²) in [6.07, 6.45) is 24.9. The molecular weight excluding hydrogens is 350 g/mol. The molecule has 0 saturated carbocycles. The number of morpholine rings is 1. The van der Waals surface area contributed by atoms with Crippen molar-refractivity contribution in [2.24, 2.45) is 0 Å². The third-order valence-electron chi connectivity index (χ3n) is 4.69. The highest BCUT2D eigenvalue weighted by molar-refractivity contribution is 5.76. The second-order valence-corrected chi connectivity index (χ2v) is 7.18. The molecule has 0 bridgehead atoms. The molecule has 0 radical (unpaired) electrons. The van der Waals surface area contributed by atoms with Gasteiger partial charge in [-0.1, -0.05) is 68.4 Å². The zero-order valence-electron chi connectivity index (χ0n) is 17.6. The van der Waals surface area contributed by atoms with E-state index in [0.29, 0.717) is 45.6 Å². The number of amides is 1. The standard InChI is InChI=1S/C24H39NO3/c1-2-3-4-5-6-7-8-9-10-11-12-13-14-16-23(26)17-15-18-24(27)25-19-21-28-22-20-25/h6-7,9-10,12-14,16,23,26H,2-5,8,11,15,17-22H2,1H3/b7-6-,10-9-,13-12-,16-14+. The minimum absolute atomic E-state index is 0.168. The van der Waals surface area contributed by atoms with E-state index < -0.39 is 6.10 Å². The lowest BCUT2D eigenvalue weighted by Gasteiger charge is -2.26. The van der Waals surface area contributed by atoms with Gasteiger partial charge in [0.25, 0.3) is 0 Å². The zero-order valence-corrected chi connectivity index (χ0v) is 17.6. The molecule has 1 amide bonds. The lowest BCUT2D eigenvalue weighted by atomic mass is 10.1. The molecule has 0 spiro atoms. The van der Waals surface area contributed by atoms with Crippen molar-refractivity contribution in [3.63, 3.8) is 0 Å². The molecule has 4 nitrogen and oxygen atoms in total. The van der Waals surface area contributed by atoms with E-state index in [0.717, 1.165) is 12.8 Å². The van der Waals surface area contributed by atoms with Crippen LogP contribution >= 0.6 is 0 Å². The van der Waals surface area contributed by atoms with Crippen molar-refractivity contribution in [1.29, 1.82) is 0 Å². The fourth-order valence-corrected chi connectivity index (χ4v) is 2.95. The molecule has 1 rings (SSSR count). The lowest BCUT2D eigenvalue weighted by molar-refractivity contribution is -0.135. The van der Waals surface area contributed by atoms with Gasteiger partial charge in [0.05, 0.1) is 19.3 Å². The maximum atomic E-state index is 12.0. The van der Waals surface area contributed by atoms with Gasteiger partial charge in [-0.15, -0.1) is 0 Å². The molecule has 0 aliphatic carbocycles. The second-order valence-electron chi connectivity index (χ2n) is 7.18. The molecular formula is C24H39NO3. The number of allylic oxidation sites excluding steroid dienone is 7. The van der Waals surface area contributed by atoms with Crippen LogP contribution in [-0.4, -0.2) is 48.3 Å². The highest BCUT2D eigenvalue weighted by atomic mass is 16.5. The van der Waals surface area contributed by atoms with Crippen molar-refractivity contribution in [3.8, 4) is 0 Å². The number of unbranched alkanes of at least 4 members (excludes halogenated alkanes) is 3. The molecule has 1 aliphatic rings. The first-order valence-corrected chi connectivity index (χ1v) is 10.9. The van der Waals surface area contributed by atoms with Crippen molar-refractivity contribution >= 4 is 5.91 Å². The topological polar surface area (TPSA) is 49.8 Å². The SMILES string of the molecule is CCCCC/C=C\C/C=C\C/C=C\C=C\C(O)CCCC(=O)N1CCOCC1. The van der Waals surface area contributed by atoms with Gasteiger partial charge in [0, 0.05) is 19.5 Å². The van der Waals surface area contributed by atoms with Gasteiger partial charge in [-0.25, -0.2) is 0 Å². The summed E-state index contributed by atoms with van der Waals surface area (Å²) in [4.78, 5) is 13.9. The average Bonchev–Trinajstić information content (AvgIpc) is 2.72. The highest BCUT2D eigenvalue weighted by Crippen LogP contribution is 2.07. The Morgan fingerprint density at radius 2 is 1.71 bits per heavy atom. The number of rotatable bonds is 14. The second kappa shape index (κ2) is 17.4. The number of hydrogen-bond donors (Lipinski definition) is 1. The van der Waals surface area contributed by atoms with E-state index in [4.69, 9.17) is 4.74 Å². The first-order chi connectivity index (χ1) is 13.7. The molecule has 1 fully saturated rings. The fourth-order valence-electron chi connectivity index (χ4n) is 2.95. The Bertz CT molecular complexity index is 502. The van der Waals surface area contributed by atoms with Crippen LogP contribution in [0, 0.1) is 0 Å². The van der Waals surface area contributed by atoms with E-state index in [-0.39, 0.29) is 5.91 Å². The monoisotopic (exact) mass is 389 g/mol. The number of nitrogens with zero attached hydrogens (tertiary/aromatic N) is 1. The summed E-state index contributed by atoms with van der Waals surface area (Å²) >= 11 is 0. The van der Waals surface area contributed by atoms with Gasteiger partial charge >= 0.3 is 0 Å². The van der Waals surface area contributed by atoms with E-state index in [1.165, 1.54) is 25.7 Å². The van der Waals surface area contributed by atoms with Crippen LogP contribution in [0.25, 0.3) is 0 Å². The van der Waals surface area contributed by atoms with Crippen LogP contribution in [0.5, 0.6) is 0 Å². The summed E-state index contributed by atoms with van der Waals surface area (Å²) in [5, 5.41) is 9.96. The first-order valence-electron chi connectivity index (χ1n) is 10.9. The normalized spacial score (nSPS) is 16.9. The van der Waals surface area contributed by atoms with Gasteiger partial charge < -0.3 is 14.7 Å². The third-order valence-corrected chi connectivity index (χ3v) is 4.69. The molecule has 1 saturated heterocycles. The number of carbonyl (C=O) groups is 1. The van der Waals surface area contributed by atoms with Crippen molar-refractivity contribution < 1.29 is 14.6 Å². The predicted molar refractivity (Wildman–Crippen MR) is 117 cm³/mol. The van der Waals surface area contributed by atoms with E-state index in [1.807, 2.05) is 17.1 Å². The van der Waals surface area contributed by atoms with Gasteiger partial charge in [-0.05, 0) is 38.5 Å². The maximum absolute atomic E-state index is 12.0. The Balaban J connectivity index is 2.02. The van der Waals surface area contributed by atoms with E-state index in [9.17, 15) is 9.90 Å². The molecule has 0 aromatic rings. The number of aliphatic hydroxyl groups excluding tert-OH is 1. The summed E-state index contributed by atoms with van der Waals surface area (Å²) < 4.78 is 5.25. The predicted octanol–water partition coefficient (Wildman–Crippen LogP) is 4.96. The Hall–Kier alpha value is -1.65. The van der Waals surface area contributed by atoms with Gasteiger partial charge in [0.2, 0.25) is 5.91 Å². The van der Waals surface area contributed by atoms with Crippen LogP contribution in [0.15, 0.2) is 48.6 Å². The number of carbonyl (C=O) groups excluding carboxylic acids is 1. The molecule has 0 aromatic carbocycles. The third kappa shape index (κ3) is 13.5. The first kappa shape index (κ1) is 24.4. The van der Waals surface area contributed by atoms with Crippen LogP contribution in [0.2, 0.25) is 0 Å². The van der Waals surface area contributed by atoms with Crippen molar-refractivity contribution in [3.05, 3.63) is 48.6 Å². The average molecular weight is 390 g/mol. The number of hydrogen-bond acceptors (Lipinski definition) is 3. The minimum atomic E-state index is -0.490. The van der Waals surface area contributed by atoms with Gasteiger partial charge in [-0.3, -0.25) is 4.79 Å². The molecule has 1 heterocycles. The van der Waals surface area contributed by atoms with Crippen molar-refractivity contribution in [2.75, 3.05) is 26.3 Å². The highest BCUT2D eigenvalue weighted by Gasteiger charge is 2.16. The summed E-state index contributed by atoms with van der Waals surface area (Å²) in [5.41, 5.74) is 0. The Morgan fingerprint density at radius 3 is 2.46 bits per heavy atom. The molecule has 1 atom stereocenters. The molecule has 1 unspecified atom stereocenters. The smallest absolute Gasteiger partial charge is 0.222 e. The summed E-state index contributed by atoms with van der Waals surface area (Å²) in [6.45, 7) is 4.88. The zero-order chi connectivity index (χ0) is 20.3. The van der Waals surface area contributed by atoms with Crippen LogP contribution < -0.4 is 0 Å². The Labute approximate surface area is 171 Å². The van der Waals surface area contributed by atoms with E-state index in [1.54, 1.807) is 6.08 Å². The lowest BCUT2D eigenvalue weighted by Crippen LogP contribution is -2.40. The summed E-state index contributed by atoms with van der Waals surface area (Å²) in [7, 11) is 0. The van der Waals surface area contributed by atoms with Crippen LogP contribution in [-0.2, 0) is 9.53 Å². The molecule has 1 aliphatic heterocycles. The summed E-state index contributed by atoms with van der Waals surface area (Å²) in [6, 6.07) is 0. The molecule has 4 heteroatoms. The maximum Gasteiger partial charge on any atom is 0.222 e. The molecule has 1 N–H and O–H groups in total. The van der Waals surface area contributed by atoms with Crippen LogP contribution in [0.1, 0.15) is 64.7 Å². The Morgan fingerprint density at radius 1 is 1.00 bits per heavy atom. The largest absolute Gasteiger partial charge is 0.389 e. The van der Waals surface area contributed by atoms with Crippen LogP contribution in [0.3, 0.4) is 0 Å². The molecule has 28 heavy (non-hydrogen) atoms. The van der Waals surface area contributed by atoms with E-state index >= 15 is 0 Å². The van der Waals surface area contributed by atoms with Gasteiger partial charge in [0.1, 0.15) is 0 Å². The summed E-state index contributed by atoms with van der Waals surface area (Å²) in [5.74, 6) is 0.168. The number of aliphatic hydroxyl groups is 1. The van der Waals surface area contributed by atoms with E-state index in [2.05, 4.69) is 37.3 Å². The minimum Gasteiger partial charge on any atom is -0.389 e. The Kier molecular flexibility index (Phi) is 15.2. The van der Waals surface area contributed by atoms with Crippen molar-refractivity contribution in [1.82, 2.24) is 4.90 Å². The van der Waals surface area contributed by atoms with Crippen LogP contribution in [0.4, 0.5) is 0 Å². The number of ether oxygens (including phenoxy) is 1. The van der Waals surface area contributed by atoms with Gasteiger partial charge in [0.15, 0.2) is 0 Å². The quantitative estimate of drug-likeness (QED) is 0.259. The molecule has 0 aromatic heterocycles. The molecule has 158 valence electrons.